The van der Waals surface area contributed by atoms with E-state index >= 15 is 0 Å². The van der Waals surface area contributed by atoms with Crippen LogP contribution in [0.3, 0.4) is 0 Å². The molecule has 164 valence electrons. The van der Waals surface area contributed by atoms with Crippen LogP contribution in [-0.2, 0) is 0 Å². The summed E-state index contributed by atoms with van der Waals surface area (Å²) in [5.74, 6) is 2.15. The molecule has 2 atom stereocenters. The van der Waals surface area contributed by atoms with Gasteiger partial charge in [0.2, 0.25) is 0 Å². The summed E-state index contributed by atoms with van der Waals surface area (Å²) in [6.45, 7) is 7.66. The fraction of sp³-hybridized carbons (Fsp3) is 0.667. The minimum absolute atomic E-state index is 0.0330. The standard InChI is InChI=1S/C21H33F3N4O/c1-15(2)13-29-19-7-5-18(6-8-19)16(3)27-20(25-4)26-11-17-9-10-28(12-17)14-21(22,23)24/h5-8,15-17H,9-14H2,1-4H3,(H2,25,26,27). The van der Waals surface area contributed by atoms with Gasteiger partial charge in [-0.05, 0) is 49.4 Å². The third-order valence-corrected chi connectivity index (χ3v) is 4.87. The summed E-state index contributed by atoms with van der Waals surface area (Å²) in [5, 5.41) is 6.58. The highest BCUT2D eigenvalue weighted by Crippen LogP contribution is 2.22. The third-order valence-electron chi connectivity index (χ3n) is 4.87. The molecule has 8 heteroatoms. The van der Waals surface area contributed by atoms with Gasteiger partial charge < -0.3 is 15.4 Å². The highest BCUT2D eigenvalue weighted by molar-refractivity contribution is 5.80. The van der Waals surface area contributed by atoms with Gasteiger partial charge in [0.15, 0.2) is 5.96 Å². The fourth-order valence-corrected chi connectivity index (χ4v) is 3.32. The molecule has 0 radical (unpaired) electrons. The van der Waals surface area contributed by atoms with Crippen LogP contribution in [0.4, 0.5) is 13.2 Å². The lowest BCUT2D eigenvalue weighted by molar-refractivity contribution is -0.143. The van der Waals surface area contributed by atoms with Gasteiger partial charge >= 0.3 is 6.18 Å². The number of halogens is 3. The predicted octanol–water partition coefficient (Wildman–Crippen LogP) is 3.83. The van der Waals surface area contributed by atoms with Crippen LogP contribution in [0, 0.1) is 11.8 Å². The Bertz CT molecular complexity index is 646. The van der Waals surface area contributed by atoms with Crippen molar-refractivity contribution in [1.82, 2.24) is 15.5 Å². The lowest BCUT2D eigenvalue weighted by atomic mass is 10.1. The first-order valence-electron chi connectivity index (χ1n) is 10.2. The molecule has 0 aliphatic carbocycles. The largest absolute Gasteiger partial charge is 0.493 e. The second-order valence-electron chi connectivity index (χ2n) is 8.10. The molecule has 2 N–H and O–H groups in total. The Balaban J connectivity index is 1.78. The monoisotopic (exact) mass is 414 g/mol. The molecule has 1 aliphatic heterocycles. The molecule has 0 saturated carbocycles. The van der Waals surface area contributed by atoms with Gasteiger partial charge in [0.25, 0.3) is 0 Å². The van der Waals surface area contributed by atoms with E-state index < -0.39 is 12.7 Å². The van der Waals surface area contributed by atoms with Crippen molar-refractivity contribution >= 4 is 5.96 Å². The molecule has 1 fully saturated rings. The number of ether oxygens (including phenoxy) is 1. The van der Waals surface area contributed by atoms with Crippen molar-refractivity contribution in [3.05, 3.63) is 29.8 Å². The van der Waals surface area contributed by atoms with Crippen LogP contribution in [0.25, 0.3) is 0 Å². The summed E-state index contributed by atoms with van der Waals surface area (Å²) in [4.78, 5) is 5.70. The second kappa shape index (κ2) is 10.7. The Hall–Kier alpha value is -1.96. The normalized spacial score (nSPS) is 19.4. The molecule has 1 aromatic rings. The number of alkyl halides is 3. The minimum atomic E-state index is -4.13. The van der Waals surface area contributed by atoms with Gasteiger partial charge in [-0.3, -0.25) is 9.89 Å². The van der Waals surface area contributed by atoms with E-state index in [2.05, 4.69) is 29.5 Å². The molecule has 2 unspecified atom stereocenters. The van der Waals surface area contributed by atoms with E-state index in [1.54, 1.807) is 7.05 Å². The number of nitrogens with one attached hydrogen (secondary N) is 2. The van der Waals surface area contributed by atoms with Crippen molar-refractivity contribution in [2.45, 2.75) is 39.4 Å². The Labute approximate surface area is 171 Å². The van der Waals surface area contributed by atoms with Crippen LogP contribution in [0.1, 0.15) is 38.8 Å². The fourth-order valence-electron chi connectivity index (χ4n) is 3.32. The number of rotatable bonds is 8. The topological polar surface area (TPSA) is 48.9 Å². The van der Waals surface area contributed by atoms with Crippen LogP contribution in [0.5, 0.6) is 5.75 Å². The van der Waals surface area contributed by atoms with Gasteiger partial charge in [-0.15, -0.1) is 0 Å². The van der Waals surface area contributed by atoms with Crippen molar-refractivity contribution in [2.24, 2.45) is 16.8 Å². The number of aliphatic imine (C=N–C) groups is 1. The maximum atomic E-state index is 12.5. The first-order chi connectivity index (χ1) is 13.7. The van der Waals surface area contributed by atoms with Crippen molar-refractivity contribution in [3.63, 3.8) is 0 Å². The van der Waals surface area contributed by atoms with Crippen LogP contribution in [-0.4, -0.2) is 56.9 Å². The van der Waals surface area contributed by atoms with Crippen molar-refractivity contribution < 1.29 is 17.9 Å². The molecular formula is C21H33F3N4O. The molecule has 1 saturated heterocycles. The Morgan fingerprint density at radius 3 is 2.52 bits per heavy atom. The molecule has 0 bridgehead atoms. The van der Waals surface area contributed by atoms with E-state index in [9.17, 15) is 13.2 Å². The maximum Gasteiger partial charge on any atom is 0.401 e. The average Bonchev–Trinajstić information content (AvgIpc) is 3.09. The van der Waals surface area contributed by atoms with E-state index in [0.29, 0.717) is 38.1 Å². The molecule has 2 rings (SSSR count). The molecule has 0 spiro atoms. The summed E-state index contributed by atoms with van der Waals surface area (Å²) in [6.07, 6.45) is -3.38. The van der Waals surface area contributed by atoms with Crippen molar-refractivity contribution in [1.29, 1.82) is 0 Å². The maximum absolute atomic E-state index is 12.5. The molecule has 1 heterocycles. The molecule has 0 amide bonds. The number of benzene rings is 1. The summed E-state index contributed by atoms with van der Waals surface area (Å²) in [6, 6.07) is 7.99. The van der Waals surface area contributed by atoms with E-state index in [4.69, 9.17) is 4.74 Å². The van der Waals surface area contributed by atoms with Crippen molar-refractivity contribution in [2.75, 3.05) is 39.8 Å². The summed E-state index contributed by atoms with van der Waals surface area (Å²) < 4.78 is 43.3. The zero-order valence-corrected chi connectivity index (χ0v) is 17.7. The molecule has 0 aromatic heterocycles. The van der Waals surface area contributed by atoms with Crippen LogP contribution in [0.15, 0.2) is 29.3 Å². The van der Waals surface area contributed by atoms with E-state index in [1.807, 2.05) is 31.2 Å². The van der Waals surface area contributed by atoms with Gasteiger partial charge in [-0.2, -0.15) is 13.2 Å². The second-order valence-corrected chi connectivity index (χ2v) is 8.10. The summed E-state index contributed by atoms with van der Waals surface area (Å²) in [7, 11) is 1.69. The SMILES string of the molecule is CN=C(NCC1CCN(CC(F)(F)F)C1)NC(C)c1ccc(OCC(C)C)cc1. The van der Waals surface area contributed by atoms with E-state index in [-0.39, 0.29) is 12.0 Å². The van der Waals surface area contributed by atoms with Gasteiger partial charge in [0, 0.05) is 20.1 Å². The number of hydrogen-bond acceptors (Lipinski definition) is 3. The molecule has 1 aliphatic rings. The van der Waals surface area contributed by atoms with Crippen LogP contribution in [0.2, 0.25) is 0 Å². The van der Waals surface area contributed by atoms with Crippen LogP contribution < -0.4 is 15.4 Å². The number of nitrogens with zero attached hydrogens (tertiary/aromatic N) is 2. The summed E-state index contributed by atoms with van der Waals surface area (Å²) >= 11 is 0. The Kier molecular flexibility index (Phi) is 8.61. The third kappa shape index (κ3) is 8.51. The lowest BCUT2D eigenvalue weighted by Crippen LogP contribution is -2.41. The zero-order valence-electron chi connectivity index (χ0n) is 17.7. The van der Waals surface area contributed by atoms with Gasteiger partial charge in [-0.1, -0.05) is 26.0 Å². The van der Waals surface area contributed by atoms with Crippen LogP contribution >= 0.6 is 0 Å². The number of hydrogen-bond donors (Lipinski definition) is 2. The van der Waals surface area contributed by atoms with E-state index in [1.165, 1.54) is 4.90 Å². The lowest BCUT2D eigenvalue weighted by Gasteiger charge is -2.21. The molecule has 29 heavy (non-hydrogen) atoms. The molecule has 1 aromatic carbocycles. The smallest absolute Gasteiger partial charge is 0.401 e. The van der Waals surface area contributed by atoms with Gasteiger partial charge in [-0.25, -0.2) is 0 Å². The average molecular weight is 415 g/mol. The minimum Gasteiger partial charge on any atom is -0.493 e. The zero-order chi connectivity index (χ0) is 21.4. The number of likely N-dealkylation sites (tertiary alicyclic amines) is 1. The highest BCUT2D eigenvalue weighted by Gasteiger charge is 2.34. The summed E-state index contributed by atoms with van der Waals surface area (Å²) in [5.41, 5.74) is 1.10. The number of guanidine groups is 1. The molecular weight excluding hydrogens is 381 g/mol. The predicted molar refractivity (Wildman–Crippen MR) is 110 cm³/mol. The first kappa shape index (κ1) is 23.3. The van der Waals surface area contributed by atoms with Crippen molar-refractivity contribution in [3.8, 4) is 5.75 Å². The molecule has 5 nitrogen and oxygen atoms in total. The quantitative estimate of drug-likeness (QED) is 0.501. The highest BCUT2D eigenvalue weighted by atomic mass is 19.4. The Morgan fingerprint density at radius 2 is 1.93 bits per heavy atom. The van der Waals surface area contributed by atoms with Gasteiger partial charge in [0.05, 0.1) is 19.2 Å². The Morgan fingerprint density at radius 1 is 1.24 bits per heavy atom. The van der Waals surface area contributed by atoms with E-state index in [0.717, 1.165) is 17.7 Å². The van der Waals surface area contributed by atoms with Gasteiger partial charge in [0.1, 0.15) is 5.75 Å². The first-order valence-corrected chi connectivity index (χ1v) is 10.2.